The Morgan fingerprint density at radius 1 is 1.41 bits per heavy atom. The van der Waals surface area contributed by atoms with Gasteiger partial charge in [-0.15, -0.1) is 0 Å². The second-order valence-electron chi connectivity index (χ2n) is 4.60. The van der Waals surface area contributed by atoms with Crippen molar-refractivity contribution >= 4 is 17.3 Å². The fraction of sp³-hybridized carbons (Fsp3) is 0.333. The van der Waals surface area contributed by atoms with Gasteiger partial charge in [-0.05, 0) is 0 Å². The van der Waals surface area contributed by atoms with Gasteiger partial charge in [0.2, 0.25) is 0 Å². The number of hydrogen-bond acceptors (Lipinski definition) is 4. The molecule has 0 fully saturated rings. The van der Waals surface area contributed by atoms with Crippen molar-refractivity contribution in [2.75, 3.05) is 31.8 Å². The molecule has 7 heteroatoms. The van der Waals surface area contributed by atoms with E-state index in [1.54, 1.807) is 24.7 Å². The first-order valence-electron chi connectivity index (χ1n) is 6.72. The van der Waals surface area contributed by atoms with Gasteiger partial charge < -0.3 is 10.0 Å². The molecular formula is C15H16ClFN4O. The number of likely N-dealkylation sites (N-methyl/N-ethyl adjacent to an activating group) is 1. The maximum atomic E-state index is 12.2. The van der Waals surface area contributed by atoms with Gasteiger partial charge in [0, 0.05) is 32.1 Å². The monoisotopic (exact) mass is 322 g/mol. The van der Waals surface area contributed by atoms with E-state index in [2.05, 4.69) is 21.9 Å². The van der Waals surface area contributed by atoms with E-state index in [-0.39, 0.29) is 13.2 Å². The molecule has 0 aliphatic heterocycles. The lowest BCUT2D eigenvalue weighted by atomic mass is 10.2. The molecule has 2 aromatic rings. The van der Waals surface area contributed by atoms with Crippen molar-refractivity contribution in [1.29, 1.82) is 0 Å². The molecule has 116 valence electrons. The first kappa shape index (κ1) is 16.3. The zero-order chi connectivity index (χ0) is 15.9. The minimum atomic E-state index is -0.467. The maximum Gasteiger partial charge on any atom is 0.131 e. The Kier molecular flexibility index (Phi) is 5.75. The molecule has 0 aliphatic rings. The molecule has 0 unspecified atom stereocenters. The number of aliphatic hydroxyl groups excluding tert-OH is 1. The normalized spacial score (nSPS) is 10.2. The highest BCUT2D eigenvalue weighted by Gasteiger charge is 2.07. The number of alkyl halides is 1. The predicted molar refractivity (Wildman–Crippen MR) is 83.8 cm³/mol. The molecule has 0 spiro atoms. The molecule has 1 N–H and O–H groups in total. The molecule has 22 heavy (non-hydrogen) atoms. The van der Waals surface area contributed by atoms with Crippen LogP contribution in [0.1, 0.15) is 11.1 Å². The van der Waals surface area contributed by atoms with E-state index in [4.69, 9.17) is 16.7 Å². The molecule has 0 saturated carbocycles. The number of aryl methyl sites for hydroxylation is 1. The van der Waals surface area contributed by atoms with Gasteiger partial charge in [-0.25, -0.2) is 9.37 Å². The zero-order valence-electron chi connectivity index (χ0n) is 12.1. The van der Waals surface area contributed by atoms with Crippen molar-refractivity contribution in [3.8, 4) is 11.8 Å². The molecule has 0 radical (unpaired) electrons. The number of pyridine rings is 1. The summed E-state index contributed by atoms with van der Waals surface area (Å²) in [6, 6.07) is 1.70. The Morgan fingerprint density at radius 3 is 2.95 bits per heavy atom. The van der Waals surface area contributed by atoms with Crippen LogP contribution >= 0.6 is 11.6 Å². The summed E-state index contributed by atoms with van der Waals surface area (Å²) in [4.78, 5) is 5.88. The summed E-state index contributed by atoms with van der Waals surface area (Å²) in [5.74, 6) is 5.98. The van der Waals surface area contributed by atoms with Crippen molar-refractivity contribution in [2.24, 2.45) is 0 Å². The highest BCUT2D eigenvalue weighted by atomic mass is 35.5. The van der Waals surface area contributed by atoms with Crippen LogP contribution in [0.4, 0.5) is 10.1 Å². The minimum absolute atomic E-state index is 0.0271. The standard InChI is InChI=1S/C15H16ClFN4O/c1-20(6-7-22)14-8-15(16)18-10-13(14)3-2-12-9-19-21(11-12)5-4-17/h8-11,22H,4-7H2,1H3. The lowest BCUT2D eigenvalue weighted by molar-refractivity contribution is 0.304. The number of rotatable bonds is 5. The molecule has 0 bridgehead atoms. The second-order valence-corrected chi connectivity index (χ2v) is 4.99. The molecule has 2 aromatic heterocycles. The van der Waals surface area contributed by atoms with Crippen LogP contribution in [0.15, 0.2) is 24.7 Å². The minimum Gasteiger partial charge on any atom is -0.395 e. The highest BCUT2D eigenvalue weighted by Crippen LogP contribution is 2.21. The van der Waals surface area contributed by atoms with E-state index in [1.807, 2.05) is 11.9 Å². The summed E-state index contributed by atoms with van der Waals surface area (Å²) in [6.07, 6.45) is 4.86. The van der Waals surface area contributed by atoms with Crippen molar-refractivity contribution in [2.45, 2.75) is 6.54 Å². The Balaban J connectivity index is 2.27. The molecule has 0 aliphatic carbocycles. The fourth-order valence-corrected chi connectivity index (χ4v) is 2.03. The quantitative estimate of drug-likeness (QED) is 0.673. The van der Waals surface area contributed by atoms with Crippen LogP contribution < -0.4 is 4.90 Å². The van der Waals surface area contributed by atoms with Gasteiger partial charge in [0.1, 0.15) is 11.8 Å². The number of nitrogens with zero attached hydrogens (tertiary/aromatic N) is 4. The lowest BCUT2D eigenvalue weighted by Crippen LogP contribution is -2.22. The number of hydrogen-bond donors (Lipinski definition) is 1. The summed E-state index contributed by atoms with van der Waals surface area (Å²) in [5, 5.41) is 13.4. The van der Waals surface area contributed by atoms with E-state index >= 15 is 0 Å². The summed E-state index contributed by atoms with van der Waals surface area (Å²) in [6.45, 7) is 0.239. The Labute approximate surface area is 133 Å². The average Bonchev–Trinajstić information content (AvgIpc) is 2.94. The summed E-state index contributed by atoms with van der Waals surface area (Å²) in [7, 11) is 1.84. The van der Waals surface area contributed by atoms with Crippen LogP contribution in [-0.2, 0) is 6.54 Å². The number of aromatic nitrogens is 3. The summed E-state index contributed by atoms with van der Waals surface area (Å²) < 4.78 is 13.8. The maximum absolute atomic E-state index is 12.2. The van der Waals surface area contributed by atoms with Gasteiger partial charge in [-0.1, -0.05) is 23.4 Å². The van der Waals surface area contributed by atoms with E-state index in [1.165, 1.54) is 4.68 Å². The lowest BCUT2D eigenvalue weighted by Gasteiger charge is -2.19. The number of aliphatic hydroxyl groups is 1. The van der Waals surface area contributed by atoms with E-state index in [9.17, 15) is 4.39 Å². The van der Waals surface area contributed by atoms with E-state index in [0.29, 0.717) is 22.8 Å². The first-order valence-corrected chi connectivity index (χ1v) is 7.10. The van der Waals surface area contributed by atoms with Crippen LogP contribution in [0.5, 0.6) is 0 Å². The Bertz CT molecular complexity index is 692. The van der Waals surface area contributed by atoms with Crippen molar-refractivity contribution < 1.29 is 9.50 Å². The molecular weight excluding hydrogens is 307 g/mol. The summed E-state index contributed by atoms with van der Waals surface area (Å²) in [5.41, 5.74) is 2.18. The van der Waals surface area contributed by atoms with Crippen LogP contribution in [0.25, 0.3) is 0 Å². The van der Waals surface area contributed by atoms with Crippen molar-refractivity contribution in [1.82, 2.24) is 14.8 Å². The molecule has 0 amide bonds. The smallest absolute Gasteiger partial charge is 0.131 e. The van der Waals surface area contributed by atoms with Gasteiger partial charge >= 0.3 is 0 Å². The third-order valence-corrected chi connectivity index (χ3v) is 3.19. The van der Waals surface area contributed by atoms with Gasteiger partial charge in [0.15, 0.2) is 0 Å². The molecule has 0 atom stereocenters. The van der Waals surface area contributed by atoms with Gasteiger partial charge in [-0.3, -0.25) is 4.68 Å². The third kappa shape index (κ3) is 4.20. The largest absolute Gasteiger partial charge is 0.395 e. The Hall–Kier alpha value is -2.10. The average molecular weight is 323 g/mol. The van der Waals surface area contributed by atoms with Gasteiger partial charge in [0.05, 0.1) is 36.2 Å². The molecule has 2 rings (SSSR count). The zero-order valence-corrected chi connectivity index (χ0v) is 12.9. The number of anilines is 1. The summed E-state index contributed by atoms with van der Waals surface area (Å²) >= 11 is 5.92. The first-order chi connectivity index (χ1) is 10.6. The topological polar surface area (TPSA) is 54.2 Å². The highest BCUT2D eigenvalue weighted by molar-refractivity contribution is 6.29. The molecule has 2 heterocycles. The number of halogens is 2. The van der Waals surface area contributed by atoms with Crippen LogP contribution in [0.3, 0.4) is 0 Å². The molecule has 0 saturated heterocycles. The second kappa shape index (κ2) is 7.78. The fourth-order valence-electron chi connectivity index (χ4n) is 1.88. The SMILES string of the molecule is CN(CCO)c1cc(Cl)ncc1C#Cc1cnn(CCF)c1. The third-order valence-electron chi connectivity index (χ3n) is 2.98. The van der Waals surface area contributed by atoms with E-state index in [0.717, 1.165) is 5.69 Å². The van der Waals surface area contributed by atoms with Crippen molar-refractivity contribution in [3.63, 3.8) is 0 Å². The van der Waals surface area contributed by atoms with Gasteiger partial charge in [-0.2, -0.15) is 5.10 Å². The van der Waals surface area contributed by atoms with Gasteiger partial charge in [0.25, 0.3) is 0 Å². The van der Waals surface area contributed by atoms with Crippen molar-refractivity contribution in [3.05, 3.63) is 40.9 Å². The Morgan fingerprint density at radius 2 is 2.23 bits per heavy atom. The van der Waals surface area contributed by atoms with Crippen LogP contribution in [0, 0.1) is 11.8 Å². The van der Waals surface area contributed by atoms with E-state index < -0.39 is 6.67 Å². The molecule has 5 nitrogen and oxygen atoms in total. The predicted octanol–water partition coefficient (Wildman–Crippen LogP) is 1.73. The molecule has 0 aromatic carbocycles. The van der Waals surface area contributed by atoms with Crippen LogP contribution in [0.2, 0.25) is 5.15 Å². The van der Waals surface area contributed by atoms with Crippen LogP contribution in [-0.4, -0.2) is 46.7 Å².